The van der Waals surface area contributed by atoms with Gasteiger partial charge in [0.25, 0.3) is 0 Å². The van der Waals surface area contributed by atoms with Gasteiger partial charge >= 0.3 is 0 Å². The van der Waals surface area contributed by atoms with Crippen LogP contribution in [0.3, 0.4) is 0 Å². The van der Waals surface area contributed by atoms with E-state index in [0.29, 0.717) is 5.92 Å². The SMILES string of the molecule is C1CC(c2nnc(C3CCNC3)s2)C1. The van der Waals surface area contributed by atoms with E-state index in [4.69, 9.17) is 0 Å². The molecule has 3 nitrogen and oxygen atoms in total. The molecule has 2 aliphatic rings. The van der Waals surface area contributed by atoms with Gasteiger partial charge in [0.05, 0.1) is 0 Å². The first kappa shape index (κ1) is 8.80. The van der Waals surface area contributed by atoms with Crippen molar-refractivity contribution in [2.45, 2.75) is 37.5 Å². The maximum absolute atomic E-state index is 4.33. The molecule has 4 heteroatoms. The third-order valence-electron chi connectivity index (χ3n) is 3.32. The second-order valence-electron chi connectivity index (χ2n) is 4.30. The van der Waals surface area contributed by atoms with Crippen molar-refractivity contribution in [3.8, 4) is 0 Å². The summed E-state index contributed by atoms with van der Waals surface area (Å²) in [5, 5.41) is 14.6. The topological polar surface area (TPSA) is 37.8 Å². The molecule has 0 bridgehead atoms. The molecule has 1 aliphatic carbocycles. The minimum atomic E-state index is 0.640. The van der Waals surface area contributed by atoms with Gasteiger partial charge in [0, 0.05) is 18.4 Å². The number of hydrogen-bond acceptors (Lipinski definition) is 4. The fourth-order valence-electron chi connectivity index (χ4n) is 2.10. The van der Waals surface area contributed by atoms with Gasteiger partial charge in [-0.05, 0) is 25.8 Å². The van der Waals surface area contributed by atoms with Crippen molar-refractivity contribution in [3.05, 3.63) is 10.0 Å². The highest BCUT2D eigenvalue weighted by atomic mass is 32.1. The molecule has 1 atom stereocenters. The average Bonchev–Trinajstić information content (AvgIpc) is 2.65. The first-order valence-electron chi connectivity index (χ1n) is 5.47. The number of nitrogens with one attached hydrogen (secondary N) is 1. The zero-order valence-corrected chi connectivity index (χ0v) is 9.02. The lowest BCUT2D eigenvalue weighted by Crippen LogP contribution is -2.07. The van der Waals surface area contributed by atoms with E-state index in [9.17, 15) is 0 Å². The van der Waals surface area contributed by atoms with Crippen LogP contribution >= 0.6 is 11.3 Å². The molecule has 1 N–H and O–H groups in total. The Labute approximate surface area is 87.9 Å². The van der Waals surface area contributed by atoms with Gasteiger partial charge in [-0.1, -0.05) is 6.42 Å². The van der Waals surface area contributed by atoms with Crippen molar-refractivity contribution < 1.29 is 0 Å². The third-order valence-corrected chi connectivity index (χ3v) is 4.57. The van der Waals surface area contributed by atoms with Crippen LogP contribution in [0.5, 0.6) is 0 Å². The van der Waals surface area contributed by atoms with Crippen LogP contribution in [0.25, 0.3) is 0 Å². The fraction of sp³-hybridized carbons (Fsp3) is 0.800. The minimum absolute atomic E-state index is 0.640. The smallest absolute Gasteiger partial charge is 0.121 e. The average molecular weight is 209 g/mol. The van der Waals surface area contributed by atoms with Gasteiger partial charge in [0.2, 0.25) is 0 Å². The van der Waals surface area contributed by atoms with Crippen LogP contribution in [-0.2, 0) is 0 Å². The first-order valence-corrected chi connectivity index (χ1v) is 6.29. The second-order valence-corrected chi connectivity index (χ2v) is 5.34. The molecule has 1 unspecified atom stereocenters. The van der Waals surface area contributed by atoms with E-state index in [2.05, 4.69) is 15.5 Å². The van der Waals surface area contributed by atoms with Crippen LogP contribution in [0, 0.1) is 0 Å². The van der Waals surface area contributed by atoms with Crippen LogP contribution in [0.4, 0.5) is 0 Å². The van der Waals surface area contributed by atoms with Crippen molar-refractivity contribution in [3.63, 3.8) is 0 Å². The van der Waals surface area contributed by atoms with E-state index in [1.807, 2.05) is 11.3 Å². The van der Waals surface area contributed by atoms with Gasteiger partial charge < -0.3 is 5.32 Å². The van der Waals surface area contributed by atoms with Crippen LogP contribution in [-0.4, -0.2) is 23.3 Å². The highest BCUT2D eigenvalue weighted by Crippen LogP contribution is 2.39. The zero-order chi connectivity index (χ0) is 9.38. The van der Waals surface area contributed by atoms with E-state index in [1.165, 1.54) is 35.7 Å². The highest BCUT2D eigenvalue weighted by molar-refractivity contribution is 7.11. The molecule has 1 aromatic heterocycles. The monoisotopic (exact) mass is 209 g/mol. The third kappa shape index (κ3) is 1.46. The quantitative estimate of drug-likeness (QED) is 0.808. The summed E-state index contributed by atoms with van der Waals surface area (Å²) in [6, 6.07) is 0. The lowest BCUT2D eigenvalue weighted by atomic mass is 9.86. The maximum atomic E-state index is 4.33. The maximum Gasteiger partial charge on any atom is 0.121 e. The van der Waals surface area contributed by atoms with Gasteiger partial charge in [0.1, 0.15) is 10.0 Å². The lowest BCUT2D eigenvalue weighted by molar-refractivity contribution is 0.416. The van der Waals surface area contributed by atoms with E-state index < -0.39 is 0 Å². The molecule has 76 valence electrons. The number of aromatic nitrogens is 2. The molecule has 1 aliphatic heterocycles. The number of hydrogen-bond donors (Lipinski definition) is 1. The van der Waals surface area contributed by atoms with Crippen molar-refractivity contribution in [1.82, 2.24) is 15.5 Å². The van der Waals surface area contributed by atoms with Crippen LogP contribution in [0.1, 0.15) is 47.5 Å². The Balaban J connectivity index is 1.75. The predicted octanol–water partition coefficient (Wildman–Crippen LogP) is 1.88. The molecule has 1 saturated carbocycles. The Morgan fingerprint density at radius 3 is 2.43 bits per heavy atom. The van der Waals surface area contributed by atoms with Crippen molar-refractivity contribution in [1.29, 1.82) is 0 Å². The molecule has 1 saturated heterocycles. The summed E-state index contributed by atoms with van der Waals surface area (Å²) in [7, 11) is 0. The highest BCUT2D eigenvalue weighted by Gasteiger charge is 2.26. The molecular formula is C10H15N3S. The van der Waals surface area contributed by atoms with Gasteiger partial charge in [-0.25, -0.2) is 0 Å². The van der Waals surface area contributed by atoms with Crippen molar-refractivity contribution >= 4 is 11.3 Å². The molecule has 2 fully saturated rings. The summed E-state index contributed by atoms with van der Waals surface area (Å²) < 4.78 is 0. The largest absolute Gasteiger partial charge is 0.316 e. The predicted molar refractivity (Wildman–Crippen MR) is 56.7 cm³/mol. The summed E-state index contributed by atoms with van der Waals surface area (Å²) in [4.78, 5) is 0. The summed E-state index contributed by atoms with van der Waals surface area (Å²) in [6.07, 6.45) is 5.28. The molecular weight excluding hydrogens is 194 g/mol. The first-order chi connectivity index (χ1) is 6.93. The Morgan fingerprint density at radius 1 is 1.07 bits per heavy atom. The standard InChI is InChI=1S/C10H15N3S/c1-2-7(3-1)9-12-13-10(14-9)8-4-5-11-6-8/h7-8,11H,1-6H2. The summed E-state index contributed by atoms with van der Waals surface area (Å²) >= 11 is 1.85. The van der Waals surface area contributed by atoms with Gasteiger partial charge in [-0.15, -0.1) is 21.5 Å². The number of nitrogens with zero attached hydrogens (tertiary/aromatic N) is 2. The molecule has 0 radical (unpaired) electrons. The van der Waals surface area contributed by atoms with E-state index in [-0.39, 0.29) is 0 Å². The number of rotatable bonds is 2. The van der Waals surface area contributed by atoms with Gasteiger partial charge in [-0.3, -0.25) is 0 Å². The van der Waals surface area contributed by atoms with Crippen molar-refractivity contribution in [2.24, 2.45) is 0 Å². The van der Waals surface area contributed by atoms with E-state index >= 15 is 0 Å². The van der Waals surface area contributed by atoms with E-state index in [0.717, 1.165) is 19.0 Å². The summed E-state index contributed by atoms with van der Waals surface area (Å²) in [5.74, 6) is 1.39. The summed E-state index contributed by atoms with van der Waals surface area (Å²) in [6.45, 7) is 2.24. The Morgan fingerprint density at radius 2 is 1.86 bits per heavy atom. The molecule has 14 heavy (non-hydrogen) atoms. The van der Waals surface area contributed by atoms with Gasteiger partial charge in [-0.2, -0.15) is 0 Å². The molecule has 0 spiro atoms. The van der Waals surface area contributed by atoms with Crippen LogP contribution in [0.2, 0.25) is 0 Å². The summed E-state index contributed by atoms with van der Waals surface area (Å²) in [5.41, 5.74) is 0. The zero-order valence-electron chi connectivity index (χ0n) is 8.20. The molecule has 3 rings (SSSR count). The Kier molecular flexibility index (Phi) is 2.25. The molecule has 2 heterocycles. The lowest BCUT2D eigenvalue weighted by Gasteiger charge is -2.21. The Bertz CT molecular complexity index is 313. The molecule has 0 aromatic carbocycles. The van der Waals surface area contributed by atoms with Crippen molar-refractivity contribution in [2.75, 3.05) is 13.1 Å². The minimum Gasteiger partial charge on any atom is -0.316 e. The van der Waals surface area contributed by atoms with E-state index in [1.54, 1.807) is 0 Å². The molecule has 1 aromatic rings. The Hall–Kier alpha value is -0.480. The van der Waals surface area contributed by atoms with Crippen LogP contribution < -0.4 is 5.32 Å². The fourth-order valence-corrected chi connectivity index (χ4v) is 3.24. The van der Waals surface area contributed by atoms with Gasteiger partial charge in [0.15, 0.2) is 0 Å². The van der Waals surface area contributed by atoms with Crippen LogP contribution in [0.15, 0.2) is 0 Å². The molecule has 0 amide bonds. The normalized spacial score (nSPS) is 27.9. The second kappa shape index (κ2) is 3.59.